The fraction of sp³-hybridized carbons (Fsp3) is 0.400. The number of nitrogens with one attached hydrogen (secondary N) is 1. The molecule has 0 unspecified atom stereocenters. The molecule has 28 heavy (non-hydrogen) atoms. The third kappa shape index (κ3) is 5.40. The molecule has 0 fully saturated rings. The minimum absolute atomic E-state index is 0.0691. The Morgan fingerprint density at radius 2 is 1.86 bits per heavy atom. The van der Waals surface area contributed by atoms with Crippen molar-refractivity contribution in [3.8, 4) is 10.6 Å². The van der Waals surface area contributed by atoms with Crippen molar-refractivity contribution in [1.82, 2.24) is 20.3 Å². The largest absolute Gasteiger partial charge is 0.356 e. The zero-order chi connectivity index (χ0) is 20.1. The van der Waals surface area contributed by atoms with Gasteiger partial charge < -0.3 is 5.32 Å². The molecule has 3 aromatic rings. The van der Waals surface area contributed by atoms with Gasteiger partial charge in [0, 0.05) is 34.6 Å². The fourth-order valence-electron chi connectivity index (χ4n) is 2.94. The molecule has 3 rings (SSSR count). The number of thioether (sulfide) groups is 1. The summed E-state index contributed by atoms with van der Waals surface area (Å²) in [6.45, 7) is 6.64. The maximum absolute atomic E-state index is 12.2. The van der Waals surface area contributed by atoms with Gasteiger partial charge in [0.05, 0.1) is 15.6 Å². The lowest BCUT2D eigenvalue weighted by Gasteiger charge is -2.10. The van der Waals surface area contributed by atoms with E-state index in [2.05, 4.69) is 37.8 Å². The summed E-state index contributed by atoms with van der Waals surface area (Å²) in [5, 5.41) is 6.98. The summed E-state index contributed by atoms with van der Waals surface area (Å²) in [5.41, 5.74) is 4.05. The molecule has 0 aromatic carbocycles. The average Bonchev–Trinajstić information content (AvgIpc) is 3.29. The molecule has 0 radical (unpaired) electrons. The van der Waals surface area contributed by atoms with Gasteiger partial charge in [0.1, 0.15) is 0 Å². The summed E-state index contributed by atoms with van der Waals surface area (Å²) < 4.78 is 0. The highest BCUT2D eigenvalue weighted by atomic mass is 32.2. The zero-order valence-electron chi connectivity index (χ0n) is 16.5. The minimum Gasteiger partial charge on any atom is -0.356 e. The summed E-state index contributed by atoms with van der Waals surface area (Å²) in [6.07, 6.45) is 3.93. The molecule has 3 aromatic heterocycles. The monoisotopic (exact) mass is 432 g/mol. The van der Waals surface area contributed by atoms with E-state index in [0.29, 0.717) is 19.4 Å². The molecular formula is C20H24N4OS3. The Morgan fingerprint density at radius 3 is 2.50 bits per heavy atom. The van der Waals surface area contributed by atoms with Crippen molar-refractivity contribution in [2.24, 2.45) is 0 Å². The van der Waals surface area contributed by atoms with Gasteiger partial charge in [0.25, 0.3) is 0 Å². The number of amides is 1. The van der Waals surface area contributed by atoms with Crippen LogP contribution < -0.4 is 5.32 Å². The Kier molecular flexibility index (Phi) is 7.20. The van der Waals surface area contributed by atoms with Gasteiger partial charge in [0.2, 0.25) is 5.91 Å². The molecule has 3 heterocycles. The first-order valence-electron chi connectivity index (χ1n) is 9.12. The predicted molar refractivity (Wildman–Crippen MR) is 118 cm³/mol. The molecule has 1 N–H and O–H groups in total. The van der Waals surface area contributed by atoms with Crippen LogP contribution in [0.5, 0.6) is 0 Å². The SMILES string of the molecule is CSc1nc(C)c(CCC(=O)NCCc2ccc(-c3csc(C)n3)s2)c(C)n1. The molecule has 148 valence electrons. The summed E-state index contributed by atoms with van der Waals surface area (Å²) >= 11 is 4.95. The van der Waals surface area contributed by atoms with Gasteiger partial charge in [-0.15, -0.1) is 22.7 Å². The average molecular weight is 433 g/mol. The number of carbonyl (C=O) groups is 1. The van der Waals surface area contributed by atoms with Crippen molar-refractivity contribution >= 4 is 40.3 Å². The predicted octanol–water partition coefficient (Wildman–Crippen LogP) is 4.60. The van der Waals surface area contributed by atoms with Crippen LogP contribution in [0.2, 0.25) is 0 Å². The van der Waals surface area contributed by atoms with E-state index in [1.54, 1.807) is 22.7 Å². The van der Waals surface area contributed by atoms with Gasteiger partial charge in [-0.2, -0.15) is 0 Å². The van der Waals surface area contributed by atoms with Crippen LogP contribution in [0.15, 0.2) is 22.7 Å². The van der Waals surface area contributed by atoms with Crippen LogP contribution in [0.4, 0.5) is 0 Å². The van der Waals surface area contributed by atoms with E-state index in [9.17, 15) is 4.79 Å². The van der Waals surface area contributed by atoms with E-state index in [0.717, 1.165) is 39.2 Å². The van der Waals surface area contributed by atoms with Crippen LogP contribution in [0.3, 0.4) is 0 Å². The minimum atomic E-state index is 0.0691. The van der Waals surface area contributed by atoms with Gasteiger partial charge in [-0.1, -0.05) is 11.8 Å². The second kappa shape index (κ2) is 9.62. The first-order chi connectivity index (χ1) is 13.5. The number of hydrogen-bond acceptors (Lipinski definition) is 7. The quantitative estimate of drug-likeness (QED) is 0.416. The Balaban J connectivity index is 1.46. The number of rotatable bonds is 8. The Bertz CT molecular complexity index is 941. The lowest BCUT2D eigenvalue weighted by Crippen LogP contribution is -2.26. The van der Waals surface area contributed by atoms with Crippen LogP contribution in [-0.2, 0) is 17.6 Å². The van der Waals surface area contributed by atoms with Crippen molar-refractivity contribution in [1.29, 1.82) is 0 Å². The summed E-state index contributed by atoms with van der Waals surface area (Å²) in [5.74, 6) is 0.0691. The lowest BCUT2D eigenvalue weighted by atomic mass is 10.1. The van der Waals surface area contributed by atoms with Gasteiger partial charge in [-0.3, -0.25) is 4.79 Å². The van der Waals surface area contributed by atoms with Crippen LogP contribution in [0.25, 0.3) is 10.6 Å². The molecule has 0 bridgehead atoms. The van der Waals surface area contributed by atoms with E-state index in [-0.39, 0.29) is 5.91 Å². The summed E-state index contributed by atoms with van der Waals surface area (Å²) in [4.78, 5) is 28.1. The van der Waals surface area contributed by atoms with Crippen molar-refractivity contribution in [2.45, 2.75) is 45.2 Å². The second-order valence-electron chi connectivity index (χ2n) is 6.48. The van der Waals surface area contributed by atoms with Gasteiger partial charge in [0.15, 0.2) is 5.16 Å². The maximum Gasteiger partial charge on any atom is 0.220 e. The van der Waals surface area contributed by atoms with E-state index in [1.807, 2.05) is 27.0 Å². The number of aryl methyl sites for hydroxylation is 3. The Hall–Kier alpha value is -1.77. The number of aromatic nitrogens is 3. The van der Waals surface area contributed by atoms with E-state index in [4.69, 9.17) is 0 Å². The first kappa shape index (κ1) is 21.0. The molecule has 0 saturated heterocycles. The number of carbonyl (C=O) groups excluding carboxylic acids is 1. The van der Waals surface area contributed by atoms with E-state index < -0.39 is 0 Å². The third-order valence-corrected chi connectivity index (χ3v) is 6.90. The van der Waals surface area contributed by atoms with Crippen molar-refractivity contribution < 1.29 is 4.79 Å². The van der Waals surface area contributed by atoms with Crippen LogP contribution in [0, 0.1) is 20.8 Å². The molecule has 8 heteroatoms. The number of thiophene rings is 1. The highest BCUT2D eigenvalue weighted by Crippen LogP contribution is 2.29. The molecule has 1 amide bonds. The molecule has 0 saturated carbocycles. The molecule has 0 spiro atoms. The molecule has 0 aliphatic rings. The highest BCUT2D eigenvalue weighted by molar-refractivity contribution is 7.98. The van der Waals surface area contributed by atoms with Crippen LogP contribution >= 0.6 is 34.4 Å². The molecule has 5 nitrogen and oxygen atoms in total. The zero-order valence-corrected chi connectivity index (χ0v) is 19.0. The van der Waals surface area contributed by atoms with Crippen molar-refractivity contribution in [3.05, 3.63) is 44.3 Å². The smallest absolute Gasteiger partial charge is 0.220 e. The van der Waals surface area contributed by atoms with Crippen molar-refractivity contribution in [2.75, 3.05) is 12.8 Å². The standard InChI is InChI=1S/C20H24N4OS3/c1-12-16(13(2)23-20(22-12)26-4)6-8-19(25)21-10-9-15-5-7-18(28-15)17-11-27-14(3)24-17/h5,7,11H,6,8-10H2,1-4H3,(H,21,25). The van der Waals surface area contributed by atoms with Crippen molar-refractivity contribution in [3.63, 3.8) is 0 Å². The molecule has 0 aliphatic heterocycles. The third-order valence-electron chi connectivity index (χ3n) is 4.41. The van der Waals surface area contributed by atoms with E-state index in [1.165, 1.54) is 21.5 Å². The van der Waals surface area contributed by atoms with Crippen LogP contribution in [0.1, 0.15) is 33.3 Å². The topological polar surface area (TPSA) is 67.8 Å². The maximum atomic E-state index is 12.2. The van der Waals surface area contributed by atoms with Gasteiger partial charge >= 0.3 is 0 Å². The Morgan fingerprint density at radius 1 is 1.11 bits per heavy atom. The number of hydrogen-bond donors (Lipinski definition) is 1. The normalized spacial score (nSPS) is 11.0. The summed E-state index contributed by atoms with van der Waals surface area (Å²) in [7, 11) is 0. The fourth-order valence-corrected chi connectivity index (χ4v) is 5.05. The lowest BCUT2D eigenvalue weighted by molar-refractivity contribution is -0.121. The number of nitrogens with zero attached hydrogens (tertiary/aromatic N) is 3. The van der Waals surface area contributed by atoms with Gasteiger partial charge in [-0.25, -0.2) is 15.0 Å². The number of thiazole rings is 1. The first-order valence-corrected chi connectivity index (χ1v) is 12.0. The Labute approximate surface area is 178 Å². The van der Waals surface area contributed by atoms with Crippen LogP contribution in [-0.4, -0.2) is 33.7 Å². The summed E-state index contributed by atoms with van der Waals surface area (Å²) in [6, 6.07) is 4.23. The van der Waals surface area contributed by atoms with E-state index >= 15 is 0 Å². The molecular weight excluding hydrogens is 408 g/mol. The van der Waals surface area contributed by atoms with Gasteiger partial charge in [-0.05, 0) is 57.6 Å². The highest BCUT2D eigenvalue weighted by Gasteiger charge is 2.11. The molecule has 0 atom stereocenters. The second-order valence-corrected chi connectivity index (χ2v) is 9.48. The molecule has 0 aliphatic carbocycles.